The largest absolute Gasteiger partial charge is 0.465 e. The van der Waals surface area contributed by atoms with Crippen molar-refractivity contribution in [3.05, 3.63) is 41.6 Å². The van der Waals surface area contributed by atoms with Gasteiger partial charge in [-0.2, -0.15) is 0 Å². The number of rotatable bonds is 3. The number of aromatic nitrogens is 2. The number of hydrogen-bond donors (Lipinski definition) is 0. The highest BCUT2D eigenvalue weighted by molar-refractivity contribution is 5.31. The van der Waals surface area contributed by atoms with E-state index in [0.29, 0.717) is 12.0 Å². The standard InChI is InChI=1S/C18H24N4O2/c1-13-5-6-19-18(20-13)22-8-15-7-21(16(9-22)12-23-11-15)10-17-4-3-14(2)24-17/h3-6,15-16H,7-12H2,1-2H3/t15-,16+/m1/s1. The summed E-state index contributed by atoms with van der Waals surface area (Å²) in [6, 6.07) is 6.37. The van der Waals surface area contributed by atoms with Crippen molar-refractivity contribution < 1.29 is 9.15 Å². The first-order valence-corrected chi connectivity index (χ1v) is 8.59. The van der Waals surface area contributed by atoms with Gasteiger partial charge in [0, 0.05) is 37.4 Å². The Labute approximate surface area is 142 Å². The van der Waals surface area contributed by atoms with Gasteiger partial charge in [0.25, 0.3) is 0 Å². The van der Waals surface area contributed by atoms with E-state index in [0.717, 1.165) is 62.6 Å². The summed E-state index contributed by atoms with van der Waals surface area (Å²) in [5.41, 5.74) is 1.01. The maximum atomic E-state index is 5.90. The van der Waals surface area contributed by atoms with E-state index in [1.165, 1.54) is 0 Å². The molecule has 0 amide bonds. The third-order valence-electron chi connectivity index (χ3n) is 4.80. The van der Waals surface area contributed by atoms with Crippen LogP contribution < -0.4 is 4.90 Å². The molecule has 4 rings (SSSR count). The molecule has 2 saturated heterocycles. The zero-order valence-electron chi connectivity index (χ0n) is 14.3. The molecular formula is C18H24N4O2. The van der Waals surface area contributed by atoms with E-state index in [1.807, 2.05) is 32.2 Å². The Morgan fingerprint density at radius 1 is 1.12 bits per heavy atom. The summed E-state index contributed by atoms with van der Waals surface area (Å²) in [7, 11) is 0. The van der Waals surface area contributed by atoms with Gasteiger partial charge in [-0.3, -0.25) is 4.90 Å². The fourth-order valence-corrected chi connectivity index (χ4v) is 3.64. The van der Waals surface area contributed by atoms with E-state index < -0.39 is 0 Å². The summed E-state index contributed by atoms with van der Waals surface area (Å²) in [4.78, 5) is 13.9. The number of nitrogens with zero attached hydrogens (tertiary/aromatic N) is 4. The van der Waals surface area contributed by atoms with Crippen molar-refractivity contribution in [2.45, 2.75) is 26.4 Å². The van der Waals surface area contributed by atoms with Crippen molar-refractivity contribution in [2.75, 3.05) is 37.7 Å². The van der Waals surface area contributed by atoms with E-state index in [1.54, 1.807) is 0 Å². The Morgan fingerprint density at radius 3 is 2.83 bits per heavy atom. The van der Waals surface area contributed by atoms with Crippen LogP contribution in [0.15, 0.2) is 28.8 Å². The van der Waals surface area contributed by atoms with Crippen LogP contribution in [0.3, 0.4) is 0 Å². The Hall–Kier alpha value is -1.92. The van der Waals surface area contributed by atoms with Gasteiger partial charge in [0.2, 0.25) is 5.95 Å². The molecule has 2 fully saturated rings. The SMILES string of the molecule is Cc1ccnc(N2C[C@@H]3COC[C@H](C2)N(Cc2ccc(C)o2)C3)n1. The third kappa shape index (κ3) is 3.30. The minimum atomic E-state index is 0.326. The second kappa shape index (κ2) is 6.53. The highest BCUT2D eigenvalue weighted by atomic mass is 16.5. The molecule has 24 heavy (non-hydrogen) atoms. The topological polar surface area (TPSA) is 54.6 Å². The van der Waals surface area contributed by atoms with Gasteiger partial charge in [0.15, 0.2) is 0 Å². The van der Waals surface area contributed by atoms with Crippen molar-refractivity contribution in [1.29, 1.82) is 0 Å². The van der Waals surface area contributed by atoms with Crippen molar-refractivity contribution in [2.24, 2.45) is 5.92 Å². The second-order valence-electron chi connectivity index (χ2n) is 6.90. The molecule has 0 saturated carbocycles. The lowest BCUT2D eigenvalue weighted by Gasteiger charge is -2.30. The fraction of sp³-hybridized carbons (Fsp3) is 0.556. The molecular weight excluding hydrogens is 304 g/mol. The van der Waals surface area contributed by atoms with Crippen LogP contribution in [-0.2, 0) is 11.3 Å². The first-order chi connectivity index (χ1) is 11.7. The number of aryl methyl sites for hydroxylation is 2. The first-order valence-electron chi connectivity index (χ1n) is 8.59. The van der Waals surface area contributed by atoms with Gasteiger partial charge in [0.1, 0.15) is 11.5 Å². The van der Waals surface area contributed by atoms with Crippen LogP contribution in [0.2, 0.25) is 0 Å². The Kier molecular flexibility index (Phi) is 4.24. The van der Waals surface area contributed by atoms with Crippen molar-refractivity contribution in [3.8, 4) is 0 Å². The Bertz CT molecular complexity index is 702. The zero-order chi connectivity index (χ0) is 16.5. The van der Waals surface area contributed by atoms with Crippen molar-refractivity contribution in [1.82, 2.24) is 14.9 Å². The smallest absolute Gasteiger partial charge is 0.225 e. The van der Waals surface area contributed by atoms with Gasteiger partial charge >= 0.3 is 0 Å². The summed E-state index contributed by atoms with van der Waals surface area (Å²) in [5.74, 6) is 3.28. The predicted molar refractivity (Wildman–Crippen MR) is 90.9 cm³/mol. The normalized spacial score (nSPS) is 24.8. The zero-order valence-corrected chi connectivity index (χ0v) is 14.3. The molecule has 2 aromatic rings. The monoisotopic (exact) mass is 328 g/mol. The van der Waals surface area contributed by atoms with Crippen LogP contribution in [0.25, 0.3) is 0 Å². The highest BCUT2D eigenvalue weighted by Gasteiger charge is 2.34. The molecule has 0 spiro atoms. The van der Waals surface area contributed by atoms with E-state index in [4.69, 9.17) is 9.15 Å². The van der Waals surface area contributed by atoms with Crippen molar-refractivity contribution >= 4 is 5.95 Å². The molecule has 2 atom stereocenters. The first kappa shape index (κ1) is 15.6. The van der Waals surface area contributed by atoms with Gasteiger partial charge in [-0.15, -0.1) is 0 Å². The number of ether oxygens (including phenoxy) is 1. The molecule has 0 aromatic carbocycles. The number of fused-ring (bicyclic) bond motifs is 3. The summed E-state index contributed by atoms with van der Waals surface area (Å²) >= 11 is 0. The van der Waals surface area contributed by atoms with Gasteiger partial charge in [-0.1, -0.05) is 0 Å². The summed E-state index contributed by atoms with van der Waals surface area (Å²) in [5, 5.41) is 0. The Morgan fingerprint density at radius 2 is 2.04 bits per heavy atom. The number of anilines is 1. The van der Waals surface area contributed by atoms with Crippen LogP contribution in [0.5, 0.6) is 0 Å². The predicted octanol–water partition coefficient (Wildman–Crippen LogP) is 2.02. The average Bonchev–Trinajstić information content (AvgIpc) is 2.76. The molecule has 6 heteroatoms. The molecule has 6 nitrogen and oxygen atoms in total. The molecule has 2 aliphatic rings. The minimum absolute atomic E-state index is 0.326. The van der Waals surface area contributed by atoms with Gasteiger partial charge in [0.05, 0.1) is 25.8 Å². The molecule has 0 aliphatic carbocycles. The maximum Gasteiger partial charge on any atom is 0.225 e. The van der Waals surface area contributed by atoms with E-state index in [2.05, 4.69) is 25.8 Å². The van der Waals surface area contributed by atoms with E-state index in [-0.39, 0.29) is 0 Å². The summed E-state index contributed by atoms with van der Waals surface area (Å²) < 4.78 is 11.7. The van der Waals surface area contributed by atoms with Crippen LogP contribution >= 0.6 is 0 Å². The number of furan rings is 1. The fourth-order valence-electron chi connectivity index (χ4n) is 3.64. The Balaban J connectivity index is 1.55. The minimum Gasteiger partial charge on any atom is -0.465 e. The third-order valence-corrected chi connectivity index (χ3v) is 4.80. The van der Waals surface area contributed by atoms with Crippen LogP contribution in [0.1, 0.15) is 17.2 Å². The van der Waals surface area contributed by atoms with Gasteiger partial charge in [-0.25, -0.2) is 9.97 Å². The molecule has 128 valence electrons. The highest BCUT2D eigenvalue weighted by Crippen LogP contribution is 2.24. The van der Waals surface area contributed by atoms with Gasteiger partial charge < -0.3 is 14.1 Å². The van der Waals surface area contributed by atoms with Crippen LogP contribution in [-0.4, -0.2) is 53.8 Å². The molecule has 2 aliphatic heterocycles. The summed E-state index contributed by atoms with van der Waals surface area (Å²) in [6.07, 6.45) is 1.85. The van der Waals surface area contributed by atoms with E-state index in [9.17, 15) is 0 Å². The van der Waals surface area contributed by atoms with E-state index >= 15 is 0 Å². The summed E-state index contributed by atoms with van der Waals surface area (Å²) in [6.45, 7) is 9.23. The van der Waals surface area contributed by atoms with Crippen LogP contribution in [0, 0.1) is 19.8 Å². The second-order valence-corrected chi connectivity index (χ2v) is 6.90. The lowest BCUT2D eigenvalue weighted by molar-refractivity contribution is 0.0854. The molecule has 0 radical (unpaired) electrons. The van der Waals surface area contributed by atoms with Gasteiger partial charge in [-0.05, 0) is 32.0 Å². The molecule has 2 bridgehead atoms. The molecule has 0 unspecified atom stereocenters. The van der Waals surface area contributed by atoms with Crippen LogP contribution in [0.4, 0.5) is 5.95 Å². The lowest BCUT2D eigenvalue weighted by atomic mass is 10.1. The quantitative estimate of drug-likeness (QED) is 0.859. The molecule has 4 heterocycles. The average molecular weight is 328 g/mol. The lowest BCUT2D eigenvalue weighted by Crippen LogP contribution is -2.44. The molecule has 0 N–H and O–H groups in total. The number of hydrogen-bond acceptors (Lipinski definition) is 6. The maximum absolute atomic E-state index is 5.90. The van der Waals surface area contributed by atoms with Crippen molar-refractivity contribution in [3.63, 3.8) is 0 Å². The molecule has 2 aromatic heterocycles.